The molecular weight excluding hydrogens is 492 g/mol. The maximum atomic E-state index is 13.7. The second kappa shape index (κ2) is 12.6. The van der Waals surface area contributed by atoms with E-state index in [0.29, 0.717) is 29.4 Å². The lowest BCUT2D eigenvalue weighted by Gasteiger charge is -2.24. The fourth-order valence-electron chi connectivity index (χ4n) is 3.91. The van der Waals surface area contributed by atoms with Crippen molar-refractivity contribution in [3.8, 4) is 17.2 Å². The third-order valence-corrected chi connectivity index (χ3v) is 7.68. The summed E-state index contributed by atoms with van der Waals surface area (Å²) in [5, 5.41) is 2.90. The van der Waals surface area contributed by atoms with Crippen molar-refractivity contribution in [1.82, 2.24) is 9.62 Å². The molecule has 0 fully saturated rings. The maximum absolute atomic E-state index is 13.7. The Kier molecular flexibility index (Phi) is 9.54. The number of nitrogens with zero attached hydrogens (tertiary/aromatic N) is 1. The summed E-state index contributed by atoms with van der Waals surface area (Å²) in [6.07, 6.45) is 0. The minimum atomic E-state index is -3.99. The number of nitrogens with one attached hydrogen (secondary N) is 1. The number of benzene rings is 3. The van der Waals surface area contributed by atoms with Crippen molar-refractivity contribution in [1.29, 1.82) is 0 Å². The van der Waals surface area contributed by atoms with Crippen LogP contribution in [0, 0.1) is 6.92 Å². The molecule has 1 atom stereocenters. The maximum Gasteiger partial charge on any atom is 0.243 e. The molecule has 0 aliphatic carbocycles. The topological polar surface area (TPSA) is 94.2 Å². The molecule has 1 N–H and O–H groups in total. The molecule has 198 valence electrons. The number of aryl methyl sites for hydroxylation is 1. The average molecular weight is 527 g/mol. The van der Waals surface area contributed by atoms with Gasteiger partial charge in [-0.05, 0) is 67.8 Å². The van der Waals surface area contributed by atoms with Gasteiger partial charge in [0.15, 0.2) is 11.5 Å². The summed E-state index contributed by atoms with van der Waals surface area (Å²) >= 11 is 0. The Bertz CT molecular complexity index is 1310. The number of rotatable bonds is 12. The fraction of sp³-hybridized carbons (Fsp3) is 0.321. The predicted octanol–water partition coefficient (Wildman–Crippen LogP) is 4.48. The summed E-state index contributed by atoms with van der Waals surface area (Å²) in [7, 11) is -0.895. The zero-order chi connectivity index (χ0) is 27.0. The highest BCUT2D eigenvalue weighted by molar-refractivity contribution is 7.89. The Morgan fingerprint density at radius 1 is 0.946 bits per heavy atom. The van der Waals surface area contributed by atoms with Gasteiger partial charge in [0.05, 0.1) is 38.3 Å². The second-order valence-electron chi connectivity index (χ2n) is 8.52. The molecule has 0 heterocycles. The van der Waals surface area contributed by atoms with E-state index in [-0.39, 0.29) is 24.0 Å². The minimum Gasteiger partial charge on any atom is -0.494 e. The summed E-state index contributed by atoms with van der Waals surface area (Å²) in [6.45, 7) is 5.67. The Labute approximate surface area is 219 Å². The van der Waals surface area contributed by atoms with Crippen molar-refractivity contribution >= 4 is 15.9 Å². The van der Waals surface area contributed by atoms with Gasteiger partial charge in [0.25, 0.3) is 0 Å². The molecule has 8 nitrogen and oxygen atoms in total. The molecule has 9 heteroatoms. The van der Waals surface area contributed by atoms with Gasteiger partial charge in [-0.2, -0.15) is 4.31 Å². The molecule has 3 aromatic rings. The number of amides is 1. The van der Waals surface area contributed by atoms with Gasteiger partial charge >= 0.3 is 0 Å². The van der Waals surface area contributed by atoms with Gasteiger partial charge in [0, 0.05) is 6.54 Å². The Morgan fingerprint density at radius 3 is 2.24 bits per heavy atom. The molecule has 0 aliphatic rings. The van der Waals surface area contributed by atoms with Crippen LogP contribution in [0.25, 0.3) is 0 Å². The van der Waals surface area contributed by atoms with Crippen LogP contribution in [-0.2, 0) is 21.4 Å². The molecular formula is C28H34N2O6S. The fourth-order valence-corrected chi connectivity index (χ4v) is 5.38. The predicted molar refractivity (Wildman–Crippen MR) is 142 cm³/mol. The van der Waals surface area contributed by atoms with E-state index < -0.39 is 15.9 Å². The zero-order valence-electron chi connectivity index (χ0n) is 21.9. The highest BCUT2D eigenvalue weighted by atomic mass is 32.2. The molecule has 37 heavy (non-hydrogen) atoms. The first kappa shape index (κ1) is 28.0. The number of methoxy groups -OCH3 is 2. The molecule has 0 saturated heterocycles. The summed E-state index contributed by atoms with van der Waals surface area (Å²) < 4.78 is 44.7. The standard InChI is InChI=1S/C28H34N2O6S/c1-6-36-25-15-13-24(16-20(25)2)37(32,33)30(18-22-10-8-7-9-11-22)19-28(31)29-21(3)23-12-14-26(34-4)27(17-23)35-5/h7-17,21H,6,18-19H2,1-5H3,(H,29,31)/t21-/m0/s1. The van der Waals surface area contributed by atoms with E-state index in [4.69, 9.17) is 14.2 Å². The van der Waals surface area contributed by atoms with Crippen molar-refractivity contribution < 1.29 is 27.4 Å². The summed E-state index contributed by atoms with van der Waals surface area (Å²) in [6, 6.07) is 18.9. The molecule has 1 amide bonds. The van der Waals surface area contributed by atoms with Crippen LogP contribution < -0.4 is 19.5 Å². The summed E-state index contributed by atoms with van der Waals surface area (Å²) in [4.78, 5) is 13.2. The Morgan fingerprint density at radius 2 is 1.62 bits per heavy atom. The number of carbonyl (C=O) groups is 1. The van der Waals surface area contributed by atoms with Crippen LogP contribution in [0.4, 0.5) is 0 Å². The van der Waals surface area contributed by atoms with Crippen LogP contribution in [0.15, 0.2) is 71.6 Å². The second-order valence-corrected chi connectivity index (χ2v) is 10.5. The van der Waals surface area contributed by atoms with Gasteiger partial charge in [-0.25, -0.2) is 8.42 Å². The average Bonchev–Trinajstić information content (AvgIpc) is 2.89. The van der Waals surface area contributed by atoms with Crippen molar-refractivity contribution in [2.24, 2.45) is 0 Å². The Balaban J connectivity index is 1.85. The molecule has 0 unspecified atom stereocenters. The number of sulfonamides is 1. The van der Waals surface area contributed by atoms with Gasteiger partial charge in [-0.15, -0.1) is 0 Å². The van der Waals surface area contributed by atoms with Crippen LogP contribution in [0.1, 0.15) is 36.6 Å². The van der Waals surface area contributed by atoms with Crippen molar-refractivity contribution in [2.45, 2.75) is 38.3 Å². The molecule has 0 radical (unpaired) electrons. The minimum absolute atomic E-state index is 0.0492. The number of hydrogen-bond donors (Lipinski definition) is 1. The zero-order valence-corrected chi connectivity index (χ0v) is 22.7. The monoisotopic (exact) mass is 526 g/mol. The van der Waals surface area contributed by atoms with E-state index in [9.17, 15) is 13.2 Å². The molecule has 0 aromatic heterocycles. The number of carbonyl (C=O) groups excluding carboxylic acids is 1. The van der Waals surface area contributed by atoms with Crippen LogP contribution in [0.2, 0.25) is 0 Å². The summed E-state index contributed by atoms with van der Waals surface area (Å²) in [5.41, 5.74) is 2.27. The van der Waals surface area contributed by atoms with Crippen molar-refractivity contribution in [2.75, 3.05) is 27.4 Å². The smallest absolute Gasteiger partial charge is 0.243 e. The lowest BCUT2D eigenvalue weighted by atomic mass is 10.1. The van der Waals surface area contributed by atoms with Crippen molar-refractivity contribution in [3.05, 3.63) is 83.4 Å². The molecule has 0 saturated carbocycles. The third-order valence-electron chi connectivity index (χ3n) is 5.89. The first-order chi connectivity index (χ1) is 17.7. The van der Waals surface area contributed by atoms with E-state index >= 15 is 0 Å². The molecule has 0 bridgehead atoms. The normalized spacial score (nSPS) is 12.2. The molecule has 0 spiro atoms. The lowest BCUT2D eigenvalue weighted by Crippen LogP contribution is -2.41. The first-order valence-corrected chi connectivity index (χ1v) is 13.4. The van der Waals surface area contributed by atoms with Crippen LogP contribution in [0.5, 0.6) is 17.2 Å². The van der Waals surface area contributed by atoms with Gasteiger partial charge in [-0.1, -0.05) is 36.4 Å². The third kappa shape index (κ3) is 7.02. The molecule has 0 aliphatic heterocycles. The highest BCUT2D eigenvalue weighted by Gasteiger charge is 2.28. The van der Waals surface area contributed by atoms with Gasteiger partial charge in [0.2, 0.25) is 15.9 Å². The largest absolute Gasteiger partial charge is 0.494 e. The number of ether oxygens (including phenoxy) is 3. The van der Waals surface area contributed by atoms with Crippen LogP contribution in [-0.4, -0.2) is 46.0 Å². The van der Waals surface area contributed by atoms with Crippen molar-refractivity contribution in [3.63, 3.8) is 0 Å². The Hall–Kier alpha value is -3.56. The molecule has 3 aromatic carbocycles. The van der Waals surface area contributed by atoms with E-state index in [2.05, 4.69) is 5.32 Å². The van der Waals surface area contributed by atoms with E-state index in [1.165, 1.54) is 10.4 Å². The van der Waals surface area contributed by atoms with Gasteiger partial charge in [0.1, 0.15) is 5.75 Å². The quantitative estimate of drug-likeness (QED) is 0.374. The van der Waals surface area contributed by atoms with Crippen LogP contribution >= 0.6 is 0 Å². The first-order valence-electron chi connectivity index (χ1n) is 12.0. The summed E-state index contributed by atoms with van der Waals surface area (Å²) in [5.74, 6) is 1.32. The van der Waals surface area contributed by atoms with E-state index in [0.717, 1.165) is 11.1 Å². The SMILES string of the molecule is CCOc1ccc(S(=O)(=O)N(CC(=O)N[C@@H](C)c2ccc(OC)c(OC)c2)Cc2ccccc2)cc1C. The van der Waals surface area contributed by atoms with Gasteiger partial charge < -0.3 is 19.5 Å². The van der Waals surface area contributed by atoms with E-state index in [1.54, 1.807) is 45.4 Å². The van der Waals surface area contributed by atoms with Crippen LogP contribution in [0.3, 0.4) is 0 Å². The highest BCUT2D eigenvalue weighted by Crippen LogP contribution is 2.30. The lowest BCUT2D eigenvalue weighted by molar-refractivity contribution is -0.122. The number of hydrogen-bond acceptors (Lipinski definition) is 6. The molecule has 3 rings (SSSR count). The van der Waals surface area contributed by atoms with E-state index in [1.807, 2.05) is 50.2 Å². The van der Waals surface area contributed by atoms with Gasteiger partial charge in [-0.3, -0.25) is 4.79 Å².